The number of pyridine rings is 1. The van der Waals surface area contributed by atoms with Crippen molar-refractivity contribution in [3.05, 3.63) is 100 Å². The first kappa shape index (κ1) is 29.0. The summed E-state index contributed by atoms with van der Waals surface area (Å²) in [5.74, 6) is 5.59. The number of benzene rings is 2. The van der Waals surface area contributed by atoms with Crippen LogP contribution in [0.25, 0.3) is 22.1 Å². The van der Waals surface area contributed by atoms with Gasteiger partial charge in [0.1, 0.15) is 5.56 Å². The van der Waals surface area contributed by atoms with Crippen LogP contribution in [0.3, 0.4) is 0 Å². The van der Waals surface area contributed by atoms with Gasteiger partial charge in [-0.1, -0.05) is 43.2 Å². The predicted molar refractivity (Wildman–Crippen MR) is 159 cm³/mol. The topological polar surface area (TPSA) is 140 Å². The van der Waals surface area contributed by atoms with Gasteiger partial charge in [0.2, 0.25) is 6.29 Å². The van der Waals surface area contributed by atoms with Gasteiger partial charge >= 0.3 is 0 Å². The van der Waals surface area contributed by atoms with E-state index in [0.717, 1.165) is 23.2 Å². The van der Waals surface area contributed by atoms with E-state index < -0.39 is 12.2 Å². The molecule has 0 fully saturated rings. The van der Waals surface area contributed by atoms with Gasteiger partial charge in [0.25, 0.3) is 11.5 Å². The van der Waals surface area contributed by atoms with Crippen LogP contribution in [-0.4, -0.2) is 44.6 Å². The Morgan fingerprint density at radius 1 is 1.02 bits per heavy atom. The molecule has 41 heavy (non-hydrogen) atoms. The number of aryl methyl sites for hydroxylation is 1. The van der Waals surface area contributed by atoms with Crippen LogP contribution in [0.5, 0.6) is 0 Å². The summed E-state index contributed by atoms with van der Waals surface area (Å²) in [7, 11) is 0. The van der Waals surface area contributed by atoms with Gasteiger partial charge < -0.3 is 20.9 Å². The smallest absolute Gasteiger partial charge is 0.264 e. The number of carbonyl (C=O) groups is 1. The molecule has 0 saturated carbocycles. The first-order valence-corrected chi connectivity index (χ1v) is 13.3. The number of aromatic nitrogens is 4. The molecule has 0 spiro atoms. The number of ether oxygens (including phenoxy) is 2. The zero-order valence-corrected chi connectivity index (χ0v) is 23.2. The number of rotatable bonds is 7. The predicted octanol–water partition coefficient (Wildman–Crippen LogP) is 3.71. The van der Waals surface area contributed by atoms with E-state index in [-0.39, 0.29) is 16.9 Å². The molecule has 210 valence electrons. The number of anilines is 1. The van der Waals surface area contributed by atoms with Crippen LogP contribution in [0, 0.1) is 11.8 Å². The van der Waals surface area contributed by atoms with Crippen molar-refractivity contribution < 1.29 is 14.3 Å². The molecule has 2 aromatic carbocycles. The van der Waals surface area contributed by atoms with E-state index in [0.29, 0.717) is 29.8 Å². The molecule has 1 amide bonds. The maximum atomic E-state index is 13.5. The molecule has 3 heterocycles. The Kier molecular flexibility index (Phi) is 9.47. The molecular formula is C31H32N6O4. The fraction of sp³-hybridized carbons (Fsp3) is 0.226. The Balaban J connectivity index is 0.000000247. The van der Waals surface area contributed by atoms with Gasteiger partial charge in [-0.2, -0.15) is 0 Å². The molecular weight excluding hydrogens is 520 g/mol. The van der Waals surface area contributed by atoms with Gasteiger partial charge in [0, 0.05) is 42.6 Å². The zero-order valence-electron chi connectivity index (χ0n) is 23.2. The second-order valence-electron chi connectivity index (χ2n) is 8.76. The summed E-state index contributed by atoms with van der Waals surface area (Å²) >= 11 is 0. The van der Waals surface area contributed by atoms with Crippen LogP contribution in [0.1, 0.15) is 42.4 Å². The summed E-state index contributed by atoms with van der Waals surface area (Å²) in [5, 5.41) is 5.37. The first-order valence-electron chi connectivity index (χ1n) is 13.3. The lowest BCUT2D eigenvalue weighted by Crippen LogP contribution is -2.22. The average Bonchev–Trinajstić information content (AvgIpc) is 3.32. The molecule has 5 rings (SSSR count). The number of nitrogen functional groups attached to an aromatic ring is 1. The van der Waals surface area contributed by atoms with Crippen molar-refractivity contribution in [3.63, 3.8) is 0 Å². The minimum absolute atomic E-state index is 0.0604. The summed E-state index contributed by atoms with van der Waals surface area (Å²) in [4.78, 5) is 28.3. The number of hydrogen-bond donors (Lipinski definition) is 2. The van der Waals surface area contributed by atoms with Gasteiger partial charge in [0.15, 0.2) is 11.5 Å². The first-order chi connectivity index (χ1) is 19.9. The van der Waals surface area contributed by atoms with E-state index in [1.807, 2.05) is 62.4 Å². The highest BCUT2D eigenvalue weighted by Gasteiger charge is 2.15. The van der Waals surface area contributed by atoms with E-state index in [2.05, 4.69) is 34.9 Å². The molecule has 0 atom stereocenters. The highest BCUT2D eigenvalue weighted by molar-refractivity contribution is 6.03. The van der Waals surface area contributed by atoms with Crippen LogP contribution in [-0.2, 0) is 15.9 Å². The summed E-state index contributed by atoms with van der Waals surface area (Å²) in [5.41, 5.74) is 13.6. The van der Waals surface area contributed by atoms with E-state index in [9.17, 15) is 9.59 Å². The van der Waals surface area contributed by atoms with Crippen molar-refractivity contribution in [2.75, 3.05) is 18.9 Å². The van der Waals surface area contributed by atoms with Gasteiger partial charge in [0.05, 0.1) is 5.39 Å². The zero-order chi connectivity index (χ0) is 29.4. The largest absolute Gasteiger partial charge is 0.381 e. The van der Waals surface area contributed by atoms with E-state index in [1.54, 1.807) is 23.0 Å². The molecule has 4 N–H and O–H groups in total. The molecule has 5 aromatic rings. The summed E-state index contributed by atoms with van der Waals surface area (Å²) in [6, 6.07) is 19.2. The molecule has 0 aliphatic carbocycles. The quantitative estimate of drug-likeness (QED) is 0.232. The number of amides is 1. The van der Waals surface area contributed by atoms with Gasteiger partial charge in [-0.05, 0) is 61.9 Å². The Bertz CT molecular complexity index is 1780. The van der Waals surface area contributed by atoms with Gasteiger partial charge in [-0.25, -0.2) is 9.50 Å². The SMILES string of the molecule is CCOC(C#Cc1cccc2cc(CC)n(-c3ccccc3)c(=O)c12)OCC.NC(=O)c1c(N)nn2cccnc12. The molecule has 3 aromatic heterocycles. The molecule has 0 saturated heterocycles. The van der Waals surface area contributed by atoms with Gasteiger partial charge in [-0.15, -0.1) is 5.10 Å². The Morgan fingerprint density at radius 2 is 1.76 bits per heavy atom. The Hall–Kier alpha value is -4.98. The molecule has 0 radical (unpaired) electrons. The number of para-hydroxylation sites is 1. The number of primary amides is 1. The fourth-order valence-corrected chi connectivity index (χ4v) is 4.35. The standard InChI is InChI=1S/C24H25NO3.C7H7N5O/c1-4-20-17-19-12-10-11-18(15-16-22(27-5-2)28-6-3)23(19)24(26)25(20)21-13-8-7-9-14-21;8-5-4(6(9)13)7-10-2-1-3-12(7)11-5/h7-14,17,22H,4-6H2,1-3H3;1-3H,(H2,8,11)(H2,9,13). The van der Waals surface area contributed by atoms with Crippen LogP contribution >= 0.6 is 0 Å². The van der Waals surface area contributed by atoms with Crippen molar-refractivity contribution in [1.29, 1.82) is 0 Å². The minimum Gasteiger partial charge on any atom is -0.381 e. The number of nitrogens with zero attached hydrogens (tertiary/aromatic N) is 4. The average molecular weight is 553 g/mol. The third-order valence-corrected chi connectivity index (χ3v) is 6.13. The molecule has 0 aliphatic rings. The molecule has 0 unspecified atom stereocenters. The number of hydrogen-bond acceptors (Lipinski definition) is 7. The summed E-state index contributed by atoms with van der Waals surface area (Å²) in [6.45, 7) is 6.87. The lowest BCUT2D eigenvalue weighted by Gasteiger charge is -2.14. The lowest BCUT2D eigenvalue weighted by atomic mass is 10.0. The Labute approximate surface area is 237 Å². The summed E-state index contributed by atoms with van der Waals surface area (Å²) < 4.78 is 14.2. The van der Waals surface area contributed by atoms with Crippen LogP contribution in [0.15, 0.2) is 77.9 Å². The van der Waals surface area contributed by atoms with Crippen molar-refractivity contribution in [3.8, 4) is 17.5 Å². The maximum Gasteiger partial charge on any atom is 0.264 e. The summed E-state index contributed by atoms with van der Waals surface area (Å²) in [6.07, 6.45) is 3.34. The highest BCUT2D eigenvalue weighted by atomic mass is 16.7. The normalized spacial score (nSPS) is 10.7. The minimum atomic E-state index is -0.619. The second kappa shape index (κ2) is 13.4. The molecule has 0 bridgehead atoms. The number of carbonyl (C=O) groups excluding carboxylic acids is 1. The van der Waals surface area contributed by atoms with Crippen molar-refractivity contribution in [1.82, 2.24) is 19.2 Å². The molecule has 0 aliphatic heterocycles. The van der Waals surface area contributed by atoms with Crippen LogP contribution < -0.4 is 17.0 Å². The van der Waals surface area contributed by atoms with E-state index in [1.165, 1.54) is 4.52 Å². The second-order valence-corrected chi connectivity index (χ2v) is 8.76. The fourth-order valence-electron chi connectivity index (χ4n) is 4.35. The van der Waals surface area contributed by atoms with Crippen LogP contribution in [0.4, 0.5) is 5.82 Å². The van der Waals surface area contributed by atoms with Crippen molar-refractivity contribution in [2.45, 2.75) is 33.5 Å². The van der Waals surface area contributed by atoms with Crippen molar-refractivity contribution >= 4 is 28.1 Å². The molecule has 10 heteroatoms. The third kappa shape index (κ3) is 6.44. The maximum absolute atomic E-state index is 13.5. The van der Waals surface area contributed by atoms with E-state index >= 15 is 0 Å². The van der Waals surface area contributed by atoms with Crippen LogP contribution in [0.2, 0.25) is 0 Å². The molecule has 10 nitrogen and oxygen atoms in total. The van der Waals surface area contributed by atoms with Gasteiger partial charge in [-0.3, -0.25) is 14.2 Å². The lowest BCUT2D eigenvalue weighted by molar-refractivity contribution is -0.0969. The van der Waals surface area contributed by atoms with E-state index in [4.69, 9.17) is 20.9 Å². The highest BCUT2D eigenvalue weighted by Crippen LogP contribution is 2.19. The monoisotopic (exact) mass is 552 g/mol. The Morgan fingerprint density at radius 3 is 2.41 bits per heavy atom. The number of nitrogens with two attached hydrogens (primary N) is 2. The number of fused-ring (bicyclic) bond motifs is 2. The third-order valence-electron chi connectivity index (χ3n) is 6.13. The van der Waals surface area contributed by atoms with Crippen molar-refractivity contribution in [2.24, 2.45) is 5.73 Å².